The lowest BCUT2D eigenvalue weighted by molar-refractivity contribution is -0.139. The number of amides is 1. The van der Waals surface area contributed by atoms with Crippen molar-refractivity contribution >= 4 is 17.4 Å². The molecule has 1 aliphatic heterocycles. The minimum absolute atomic E-state index is 0.0516. The van der Waals surface area contributed by atoms with Gasteiger partial charge in [0.1, 0.15) is 11.6 Å². The molecule has 1 heterocycles. The van der Waals surface area contributed by atoms with Crippen molar-refractivity contribution in [2.45, 2.75) is 52.0 Å². The second-order valence-electron chi connectivity index (χ2n) is 10.3. The van der Waals surface area contributed by atoms with Crippen LogP contribution in [0.25, 0.3) is 5.76 Å². The minimum Gasteiger partial charge on any atom is -0.507 e. The van der Waals surface area contributed by atoms with E-state index < -0.39 is 17.7 Å². The van der Waals surface area contributed by atoms with Gasteiger partial charge >= 0.3 is 0 Å². The minimum atomic E-state index is -0.717. The maximum absolute atomic E-state index is 13.3. The van der Waals surface area contributed by atoms with E-state index in [1.807, 2.05) is 43.3 Å². The first kappa shape index (κ1) is 25.4. The summed E-state index contributed by atoms with van der Waals surface area (Å²) in [7, 11) is 0. The fraction of sp³-hybridized carbons (Fsp3) is 0.290. The second kappa shape index (κ2) is 10.1. The Labute approximate surface area is 212 Å². The Morgan fingerprint density at radius 3 is 2.03 bits per heavy atom. The molecule has 0 bridgehead atoms. The van der Waals surface area contributed by atoms with E-state index in [2.05, 4.69) is 20.8 Å². The van der Waals surface area contributed by atoms with Gasteiger partial charge in [0.05, 0.1) is 11.6 Å². The molecule has 1 unspecified atom stereocenters. The molecule has 1 fully saturated rings. The van der Waals surface area contributed by atoms with Gasteiger partial charge in [0.2, 0.25) is 0 Å². The molecule has 1 amide bonds. The molecular weight excluding hydrogens is 453 g/mol. The van der Waals surface area contributed by atoms with Crippen LogP contribution in [0.2, 0.25) is 0 Å². The zero-order valence-corrected chi connectivity index (χ0v) is 21.2. The standard InChI is InChI=1S/C31H32FNO3/c1-5-20-6-10-23(11-7-20)28(34)26-27(22-12-14-24(15-13-22)31(2,3)4)33(30(36)29(26)35)19-18-21-8-16-25(32)17-9-21/h6-17,27,34H,5,18-19H2,1-4H3/b28-26-. The number of aliphatic hydroxyl groups excluding tert-OH is 1. The summed E-state index contributed by atoms with van der Waals surface area (Å²) in [5, 5.41) is 11.3. The zero-order valence-electron chi connectivity index (χ0n) is 21.2. The smallest absolute Gasteiger partial charge is 0.295 e. The van der Waals surface area contributed by atoms with Crippen LogP contribution in [0.4, 0.5) is 4.39 Å². The number of hydrogen-bond acceptors (Lipinski definition) is 3. The van der Waals surface area contributed by atoms with Crippen molar-refractivity contribution in [1.82, 2.24) is 4.90 Å². The van der Waals surface area contributed by atoms with Crippen LogP contribution in [0, 0.1) is 5.82 Å². The summed E-state index contributed by atoms with van der Waals surface area (Å²) in [6, 6.07) is 20.6. The first-order chi connectivity index (χ1) is 17.1. The molecule has 5 heteroatoms. The van der Waals surface area contributed by atoms with Gasteiger partial charge in [0.15, 0.2) is 0 Å². The van der Waals surface area contributed by atoms with Crippen LogP contribution < -0.4 is 0 Å². The number of carbonyl (C=O) groups excluding carboxylic acids is 2. The highest BCUT2D eigenvalue weighted by atomic mass is 19.1. The molecule has 186 valence electrons. The van der Waals surface area contributed by atoms with E-state index in [0.29, 0.717) is 12.0 Å². The van der Waals surface area contributed by atoms with E-state index in [1.165, 1.54) is 17.0 Å². The lowest BCUT2D eigenvalue weighted by Crippen LogP contribution is -2.31. The predicted molar refractivity (Wildman–Crippen MR) is 140 cm³/mol. The van der Waals surface area contributed by atoms with Gasteiger partial charge in [-0.15, -0.1) is 0 Å². The van der Waals surface area contributed by atoms with Gasteiger partial charge in [0.25, 0.3) is 11.7 Å². The van der Waals surface area contributed by atoms with Crippen LogP contribution >= 0.6 is 0 Å². The molecule has 3 aromatic carbocycles. The van der Waals surface area contributed by atoms with Crippen LogP contribution in [0.15, 0.2) is 78.4 Å². The van der Waals surface area contributed by atoms with Gasteiger partial charge in [-0.2, -0.15) is 0 Å². The van der Waals surface area contributed by atoms with E-state index >= 15 is 0 Å². The molecule has 36 heavy (non-hydrogen) atoms. The Morgan fingerprint density at radius 1 is 0.889 bits per heavy atom. The van der Waals surface area contributed by atoms with Gasteiger partial charge in [-0.25, -0.2) is 4.39 Å². The summed E-state index contributed by atoms with van der Waals surface area (Å²) in [4.78, 5) is 28.0. The van der Waals surface area contributed by atoms with Crippen molar-refractivity contribution in [3.05, 3.63) is 112 Å². The highest BCUT2D eigenvalue weighted by molar-refractivity contribution is 6.46. The molecule has 0 aliphatic carbocycles. The molecule has 0 radical (unpaired) electrons. The van der Waals surface area contributed by atoms with Crippen LogP contribution in [0.5, 0.6) is 0 Å². The lowest BCUT2D eigenvalue weighted by atomic mass is 9.85. The molecule has 1 N–H and O–H groups in total. The van der Waals surface area contributed by atoms with Crippen LogP contribution in [0.1, 0.15) is 61.6 Å². The third kappa shape index (κ3) is 5.11. The number of benzene rings is 3. The van der Waals surface area contributed by atoms with E-state index in [0.717, 1.165) is 28.7 Å². The van der Waals surface area contributed by atoms with E-state index in [1.54, 1.807) is 24.3 Å². The number of nitrogens with zero attached hydrogens (tertiary/aromatic N) is 1. The number of likely N-dealkylation sites (tertiary alicyclic amines) is 1. The molecule has 4 rings (SSSR count). The third-order valence-corrected chi connectivity index (χ3v) is 6.82. The van der Waals surface area contributed by atoms with Crippen molar-refractivity contribution in [3.63, 3.8) is 0 Å². The molecule has 1 atom stereocenters. The van der Waals surface area contributed by atoms with Gasteiger partial charge in [-0.1, -0.05) is 88.4 Å². The fourth-order valence-corrected chi connectivity index (χ4v) is 4.58. The highest BCUT2D eigenvalue weighted by Gasteiger charge is 2.45. The summed E-state index contributed by atoms with van der Waals surface area (Å²) in [5.41, 5.74) is 4.39. The van der Waals surface area contributed by atoms with Crippen molar-refractivity contribution < 1.29 is 19.1 Å². The average Bonchev–Trinajstić information content (AvgIpc) is 3.12. The molecule has 0 saturated carbocycles. The maximum atomic E-state index is 13.3. The van der Waals surface area contributed by atoms with Crippen LogP contribution in [-0.4, -0.2) is 28.2 Å². The van der Waals surface area contributed by atoms with Crippen LogP contribution in [0.3, 0.4) is 0 Å². The number of aliphatic hydroxyl groups is 1. The quantitative estimate of drug-likeness (QED) is 0.251. The van der Waals surface area contributed by atoms with E-state index in [-0.39, 0.29) is 29.1 Å². The largest absolute Gasteiger partial charge is 0.507 e. The lowest BCUT2D eigenvalue weighted by Gasteiger charge is -2.26. The SMILES string of the molecule is CCc1ccc(/C(O)=C2/C(=O)C(=O)N(CCc3ccc(F)cc3)C2c2ccc(C(C)(C)C)cc2)cc1. The second-order valence-corrected chi connectivity index (χ2v) is 10.3. The number of rotatable bonds is 6. The summed E-state index contributed by atoms with van der Waals surface area (Å²) in [5.74, 6) is -1.85. The summed E-state index contributed by atoms with van der Waals surface area (Å²) >= 11 is 0. The van der Waals surface area contributed by atoms with Gasteiger partial charge in [-0.3, -0.25) is 9.59 Å². The number of Topliss-reactive ketones (excluding diaryl/α,β-unsaturated/α-hetero) is 1. The molecule has 1 aliphatic rings. The number of aryl methyl sites for hydroxylation is 1. The Hall–Kier alpha value is -3.73. The van der Waals surface area contributed by atoms with E-state index in [9.17, 15) is 19.1 Å². The third-order valence-electron chi connectivity index (χ3n) is 6.82. The van der Waals surface area contributed by atoms with Gasteiger partial charge in [-0.05, 0) is 52.6 Å². The van der Waals surface area contributed by atoms with Crippen molar-refractivity contribution in [2.75, 3.05) is 6.54 Å². The number of carbonyl (C=O) groups is 2. The normalized spacial score (nSPS) is 17.6. The van der Waals surface area contributed by atoms with E-state index in [4.69, 9.17) is 0 Å². The Bertz CT molecular complexity index is 1280. The zero-order chi connectivity index (χ0) is 26.0. The number of halogens is 1. The predicted octanol–water partition coefficient (Wildman–Crippen LogP) is 6.35. The maximum Gasteiger partial charge on any atom is 0.295 e. The molecule has 3 aromatic rings. The summed E-state index contributed by atoms with van der Waals surface area (Å²) < 4.78 is 13.3. The molecule has 0 aromatic heterocycles. The summed E-state index contributed by atoms with van der Waals surface area (Å²) in [6.45, 7) is 8.67. The number of ketones is 1. The molecule has 0 spiro atoms. The fourth-order valence-electron chi connectivity index (χ4n) is 4.58. The first-order valence-corrected chi connectivity index (χ1v) is 12.3. The van der Waals surface area contributed by atoms with Crippen molar-refractivity contribution in [3.8, 4) is 0 Å². The van der Waals surface area contributed by atoms with Gasteiger partial charge in [0, 0.05) is 12.1 Å². The summed E-state index contributed by atoms with van der Waals surface area (Å²) in [6.07, 6.45) is 1.31. The molecule has 4 nitrogen and oxygen atoms in total. The Kier molecular flexibility index (Phi) is 7.11. The Morgan fingerprint density at radius 2 is 1.47 bits per heavy atom. The number of hydrogen-bond donors (Lipinski definition) is 1. The highest BCUT2D eigenvalue weighted by Crippen LogP contribution is 2.40. The molecular formula is C31H32FNO3. The Balaban J connectivity index is 1.77. The van der Waals surface area contributed by atoms with Crippen LogP contribution in [-0.2, 0) is 27.8 Å². The molecule has 1 saturated heterocycles. The van der Waals surface area contributed by atoms with Crippen molar-refractivity contribution in [1.29, 1.82) is 0 Å². The topological polar surface area (TPSA) is 57.6 Å². The van der Waals surface area contributed by atoms with Gasteiger partial charge < -0.3 is 10.0 Å². The van der Waals surface area contributed by atoms with Crippen molar-refractivity contribution in [2.24, 2.45) is 0 Å². The monoisotopic (exact) mass is 485 g/mol. The first-order valence-electron chi connectivity index (χ1n) is 12.3. The average molecular weight is 486 g/mol.